The molecule has 38 heavy (non-hydrogen) atoms. The molecule has 4 N–H and O–H groups in total. The maximum absolute atomic E-state index is 14.1. The lowest BCUT2D eigenvalue weighted by Gasteiger charge is -2.17. The highest BCUT2D eigenvalue weighted by molar-refractivity contribution is 6.10. The second-order valence-corrected chi connectivity index (χ2v) is 10.2. The van der Waals surface area contributed by atoms with Gasteiger partial charge < -0.3 is 30.6 Å². The lowest BCUT2D eigenvalue weighted by atomic mass is 9.97. The minimum absolute atomic E-state index is 0.119. The number of rotatable bonds is 11. The Morgan fingerprint density at radius 3 is 2.24 bits per heavy atom. The van der Waals surface area contributed by atoms with Crippen molar-refractivity contribution in [1.82, 2.24) is 14.8 Å². The predicted octanol–water partition coefficient (Wildman–Crippen LogP) is 3.61. The van der Waals surface area contributed by atoms with Crippen LogP contribution in [0.3, 0.4) is 0 Å². The minimum Gasteiger partial charge on any atom is -0.497 e. The summed E-state index contributed by atoms with van der Waals surface area (Å²) in [6.07, 6.45) is 1.60. The Morgan fingerprint density at radius 1 is 0.921 bits per heavy atom. The van der Waals surface area contributed by atoms with E-state index in [1.807, 2.05) is 58.5 Å². The van der Waals surface area contributed by atoms with Crippen LogP contribution < -0.4 is 21.2 Å². The number of hydrogen-bond donors (Lipinski definition) is 3. The molecule has 1 heterocycles. The Labute approximate surface area is 223 Å². The Bertz CT molecular complexity index is 1510. The van der Waals surface area contributed by atoms with E-state index in [0.717, 1.165) is 53.9 Å². The van der Waals surface area contributed by atoms with Crippen LogP contribution in [0.4, 0.5) is 5.69 Å². The third-order valence-electron chi connectivity index (χ3n) is 6.79. The molecule has 1 amide bonds. The highest BCUT2D eigenvalue weighted by Gasteiger charge is 2.18. The molecule has 4 aromatic rings. The van der Waals surface area contributed by atoms with Gasteiger partial charge in [-0.2, -0.15) is 0 Å². The summed E-state index contributed by atoms with van der Waals surface area (Å²) in [6, 6.07) is 15.3. The zero-order valence-corrected chi connectivity index (χ0v) is 22.9. The summed E-state index contributed by atoms with van der Waals surface area (Å²) in [6.45, 7) is 2.21. The van der Waals surface area contributed by atoms with Crippen LogP contribution in [0.5, 0.6) is 5.75 Å². The van der Waals surface area contributed by atoms with Crippen LogP contribution in [0.15, 0.2) is 53.3 Å². The number of hydrogen-bond acceptors (Lipinski definition) is 6. The van der Waals surface area contributed by atoms with Gasteiger partial charge in [-0.05, 0) is 88.1 Å². The molecule has 8 nitrogen and oxygen atoms in total. The molecule has 0 radical (unpaired) electrons. The highest BCUT2D eigenvalue weighted by Crippen LogP contribution is 2.28. The van der Waals surface area contributed by atoms with Crippen LogP contribution >= 0.6 is 0 Å². The number of ether oxygens (including phenoxy) is 1. The Hall–Kier alpha value is -3.88. The van der Waals surface area contributed by atoms with Crippen molar-refractivity contribution in [2.45, 2.75) is 19.4 Å². The number of fused-ring (bicyclic) bond motifs is 2. The van der Waals surface area contributed by atoms with Crippen molar-refractivity contribution >= 4 is 33.4 Å². The van der Waals surface area contributed by atoms with Crippen LogP contribution in [-0.2, 0) is 19.4 Å². The average molecular weight is 516 g/mol. The SMILES string of the molecule is COc1ccc(CNc2ccc(C(N)=O)c3[nH]c4c(CCN(C)C)cc(CCN(C)C)cc4c(=O)c23)cc1. The van der Waals surface area contributed by atoms with Gasteiger partial charge in [-0.25, -0.2) is 0 Å². The second-order valence-electron chi connectivity index (χ2n) is 10.2. The standard InChI is InChI=1S/C30H37N5O3/c1-34(2)14-12-20-16-21(13-15-35(3)4)27-24(17-20)29(36)26-25(11-10-23(30(31)37)28(26)33-27)32-18-19-6-8-22(38-5)9-7-19/h6-11,16-17,32H,12-15,18H2,1-5H3,(H2,31,37)(H,33,36). The van der Waals surface area contributed by atoms with Crippen molar-refractivity contribution in [2.75, 3.05) is 53.7 Å². The van der Waals surface area contributed by atoms with Crippen molar-refractivity contribution < 1.29 is 9.53 Å². The molecule has 0 bridgehead atoms. The van der Waals surface area contributed by atoms with Crippen LogP contribution in [0.25, 0.3) is 21.8 Å². The number of anilines is 1. The number of nitrogens with one attached hydrogen (secondary N) is 2. The highest BCUT2D eigenvalue weighted by atomic mass is 16.5. The van der Waals surface area contributed by atoms with Gasteiger partial charge >= 0.3 is 0 Å². The van der Waals surface area contributed by atoms with Crippen molar-refractivity contribution in [1.29, 1.82) is 0 Å². The molecule has 1 aromatic heterocycles. The molecule has 0 spiro atoms. The van der Waals surface area contributed by atoms with E-state index in [0.29, 0.717) is 34.1 Å². The number of aromatic amines is 1. The number of methoxy groups -OCH3 is 1. The van der Waals surface area contributed by atoms with Crippen LogP contribution in [0.1, 0.15) is 27.0 Å². The fourth-order valence-corrected chi connectivity index (χ4v) is 4.65. The first-order valence-electron chi connectivity index (χ1n) is 12.8. The summed E-state index contributed by atoms with van der Waals surface area (Å²) in [5, 5.41) is 4.45. The molecular formula is C30H37N5O3. The first-order valence-corrected chi connectivity index (χ1v) is 12.8. The number of aromatic nitrogens is 1. The summed E-state index contributed by atoms with van der Waals surface area (Å²) < 4.78 is 5.25. The van der Waals surface area contributed by atoms with Gasteiger partial charge in [0.25, 0.3) is 5.91 Å². The maximum Gasteiger partial charge on any atom is 0.250 e. The number of benzene rings is 3. The van der Waals surface area contributed by atoms with E-state index in [4.69, 9.17) is 10.5 Å². The number of carbonyl (C=O) groups is 1. The van der Waals surface area contributed by atoms with E-state index in [-0.39, 0.29) is 5.43 Å². The summed E-state index contributed by atoms with van der Waals surface area (Å²) >= 11 is 0. The van der Waals surface area contributed by atoms with Crippen LogP contribution in [0.2, 0.25) is 0 Å². The number of nitrogens with zero attached hydrogens (tertiary/aromatic N) is 2. The van der Waals surface area contributed by atoms with E-state index in [1.165, 1.54) is 0 Å². The summed E-state index contributed by atoms with van der Waals surface area (Å²) in [5.41, 5.74) is 11.0. The Balaban J connectivity index is 1.88. The normalized spacial score (nSPS) is 11.6. The molecule has 4 rings (SSSR count). The van der Waals surface area contributed by atoms with Gasteiger partial charge in [-0.15, -0.1) is 0 Å². The maximum atomic E-state index is 14.1. The molecule has 3 aromatic carbocycles. The zero-order chi connectivity index (χ0) is 27.4. The number of H-pyrrole nitrogens is 1. The predicted molar refractivity (Wildman–Crippen MR) is 155 cm³/mol. The van der Waals surface area contributed by atoms with Crippen molar-refractivity contribution in [3.05, 3.63) is 81.0 Å². The van der Waals surface area contributed by atoms with Gasteiger partial charge in [-0.1, -0.05) is 18.2 Å². The first kappa shape index (κ1) is 27.2. The number of primary amides is 1. The van der Waals surface area contributed by atoms with E-state index in [9.17, 15) is 9.59 Å². The molecule has 0 aliphatic heterocycles. The van der Waals surface area contributed by atoms with Gasteiger partial charge in [0.15, 0.2) is 5.43 Å². The Morgan fingerprint density at radius 2 is 1.61 bits per heavy atom. The third-order valence-corrected chi connectivity index (χ3v) is 6.79. The summed E-state index contributed by atoms with van der Waals surface area (Å²) in [5.74, 6) is 0.201. The minimum atomic E-state index is -0.579. The number of carbonyl (C=O) groups excluding carboxylic acids is 1. The molecule has 200 valence electrons. The van der Waals surface area contributed by atoms with E-state index >= 15 is 0 Å². The molecule has 0 atom stereocenters. The average Bonchev–Trinajstić information content (AvgIpc) is 2.89. The lowest BCUT2D eigenvalue weighted by Crippen LogP contribution is -2.19. The van der Waals surface area contributed by atoms with Crippen molar-refractivity contribution in [3.8, 4) is 5.75 Å². The monoisotopic (exact) mass is 515 g/mol. The quantitative estimate of drug-likeness (QED) is 0.264. The van der Waals surface area contributed by atoms with Crippen molar-refractivity contribution in [3.63, 3.8) is 0 Å². The largest absolute Gasteiger partial charge is 0.497 e. The number of pyridine rings is 1. The smallest absolute Gasteiger partial charge is 0.250 e. The van der Waals surface area contributed by atoms with Gasteiger partial charge in [-0.3, -0.25) is 9.59 Å². The van der Waals surface area contributed by atoms with Gasteiger partial charge in [0.05, 0.1) is 29.1 Å². The van der Waals surface area contributed by atoms with E-state index in [1.54, 1.807) is 19.2 Å². The second kappa shape index (κ2) is 11.7. The lowest BCUT2D eigenvalue weighted by molar-refractivity contribution is 0.100. The van der Waals surface area contributed by atoms with Gasteiger partial charge in [0.2, 0.25) is 0 Å². The molecular weight excluding hydrogens is 478 g/mol. The molecule has 0 aliphatic carbocycles. The number of amides is 1. The molecule has 0 saturated carbocycles. The molecule has 0 fully saturated rings. The van der Waals surface area contributed by atoms with E-state index in [2.05, 4.69) is 26.2 Å². The first-order chi connectivity index (χ1) is 18.2. The van der Waals surface area contributed by atoms with Gasteiger partial charge in [0, 0.05) is 30.7 Å². The van der Waals surface area contributed by atoms with E-state index < -0.39 is 5.91 Å². The number of likely N-dealkylation sites (N-methyl/N-ethyl adjacent to an activating group) is 2. The molecule has 8 heteroatoms. The zero-order valence-electron chi connectivity index (χ0n) is 22.9. The third kappa shape index (κ3) is 5.98. The van der Waals surface area contributed by atoms with Crippen LogP contribution in [0, 0.1) is 0 Å². The number of nitrogens with two attached hydrogens (primary N) is 1. The fourth-order valence-electron chi connectivity index (χ4n) is 4.65. The van der Waals surface area contributed by atoms with Crippen molar-refractivity contribution in [2.24, 2.45) is 5.73 Å². The summed E-state index contributed by atoms with van der Waals surface area (Å²) in [4.78, 5) is 34.2. The summed E-state index contributed by atoms with van der Waals surface area (Å²) in [7, 11) is 9.78. The topological polar surface area (TPSA) is 104 Å². The molecule has 0 unspecified atom stereocenters. The van der Waals surface area contributed by atoms with Gasteiger partial charge in [0.1, 0.15) is 5.75 Å². The molecule has 0 saturated heterocycles. The Kier molecular flexibility index (Phi) is 8.34. The fraction of sp³-hybridized carbons (Fsp3) is 0.333. The molecule has 0 aliphatic rings. The van der Waals surface area contributed by atoms with Crippen LogP contribution in [-0.4, -0.2) is 69.1 Å².